The molecule has 10 heteroatoms. The van der Waals surface area contributed by atoms with Crippen LogP contribution in [0.15, 0.2) is 108 Å². The van der Waals surface area contributed by atoms with Crippen LogP contribution in [-0.2, 0) is 4.79 Å². The van der Waals surface area contributed by atoms with Gasteiger partial charge in [-0.3, -0.25) is 14.2 Å². The number of carbonyl (C=O) groups is 2. The smallest absolute Gasteiger partial charge is 0.234 e. The number of benzene rings is 4. The Morgan fingerprint density at radius 3 is 2.07 bits per heavy atom. The maximum atomic E-state index is 12.9. The zero-order chi connectivity index (χ0) is 30.9. The summed E-state index contributed by atoms with van der Waals surface area (Å²) in [5.41, 5.74) is 3.58. The van der Waals surface area contributed by atoms with Gasteiger partial charge < -0.3 is 19.5 Å². The first-order valence-corrected chi connectivity index (χ1v) is 14.6. The van der Waals surface area contributed by atoms with E-state index in [0.717, 1.165) is 11.3 Å². The van der Waals surface area contributed by atoms with Gasteiger partial charge in [-0.1, -0.05) is 66.4 Å². The maximum Gasteiger partial charge on any atom is 0.234 e. The number of methoxy groups -OCH3 is 3. The van der Waals surface area contributed by atoms with E-state index < -0.39 is 0 Å². The van der Waals surface area contributed by atoms with Crippen LogP contribution in [0.25, 0.3) is 23.2 Å². The molecular formula is C34H30N4O5S. The second-order valence-electron chi connectivity index (χ2n) is 9.41. The van der Waals surface area contributed by atoms with Crippen LogP contribution in [0.5, 0.6) is 17.2 Å². The largest absolute Gasteiger partial charge is 0.493 e. The molecule has 222 valence electrons. The Morgan fingerprint density at radius 1 is 0.818 bits per heavy atom. The Bertz CT molecular complexity index is 1750. The molecule has 0 spiro atoms. The molecule has 1 aromatic heterocycles. The van der Waals surface area contributed by atoms with Gasteiger partial charge in [-0.15, -0.1) is 10.2 Å². The summed E-state index contributed by atoms with van der Waals surface area (Å²) >= 11 is 1.25. The fourth-order valence-electron chi connectivity index (χ4n) is 4.45. The first-order valence-electron chi connectivity index (χ1n) is 13.6. The summed E-state index contributed by atoms with van der Waals surface area (Å²) in [7, 11) is 4.65. The van der Waals surface area contributed by atoms with E-state index in [0.29, 0.717) is 45.0 Å². The highest BCUT2D eigenvalue weighted by Crippen LogP contribution is 2.41. The normalized spacial score (nSPS) is 10.9. The van der Waals surface area contributed by atoms with Gasteiger partial charge in [0.1, 0.15) is 0 Å². The molecule has 1 heterocycles. The lowest BCUT2D eigenvalue weighted by Crippen LogP contribution is -2.14. The molecule has 0 aliphatic carbocycles. The number of hydrogen-bond donors (Lipinski definition) is 1. The second kappa shape index (κ2) is 14.2. The standard InChI is InChI=1S/C34H30N4O5S/c1-41-29-20-25(21-30(42-2)32(29)43-3)33-36-37-34(38(33)27-12-8-5-9-13-27)44-22-31(40)35-26-17-15-24(16-18-26)28(39)19-14-23-10-6-4-7-11-23/h4-21H,22H2,1-3H3,(H,35,40)/b19-14+. The van der Waals surface area contributed by atoms with Crippen LogP contribution in [-0.4, -0.2) is 53.5 Å². The number of hydrogen-bond acceptors (Lipinski definition) is 8. The lowest BCUT2D eigenvalue weighted by Gasteiger charge is -2.15. The lowest BCUT2D eigenvalue weighted by atomic mass is 10.1. The second-order valence-corrected chi connectivity index (χ2v) is 10.4. The highest BCUT2D eigenvalue weighted by molar-refractivity contribution is 7.99. The van der Waals surface area contributed by atoms with E-state index in [9.17, 15) is 9.59 Å². The number of nitrogens with zero attached hydrogens (tertiary/aromatic N) is 3. The van der Waals surface area contributed by atoms with Gasteiger partial charge in [0.25, 0.3) is 0 Å². The lowest BCUT2D eigenvalue weighted by molar-refractivity contribution is -0.113. The SMILES string of the molecule is COc1cc(-c2nnc(SCC(=O)Nc3ccc(C(=O)/C=C/c4ccccc4)cc3)n2-c2ccccc2)cc(OC)c1OC. The van der Waals surface area contributed by atoms with Crippen molar-refractivity contribution < 1.29 is 23.8 Å². The van der Waals surface area contributed by atoms with Crippen molar-refractivity contribution >= 4 is 35.2 Å². The summed E-state index contributed by atoms with van der Waals surface area (Å²) in [6.45, 7) is 0. The summed E-state index contributed by atoms with van der Waals surface area (Å²) in [5, 5.41) is 12.3. The van der Waals surface area contributed by atoms with Crippen molar-refractivity contribution in [2.45, 2.75) is 5.16 Å². The zero-order valence-corrected chi connectivity index (χ0v) is 25.2. The van der Waals surface area contributed by atoms with E-state index in [1.54, 1.807) is 63.8 Å². The third-order valence-corrected chi connectivity index (χ3v) is 7.51. The Balaban J connectivity index is 1.31. The summed E-state index contributed by atoms with van der Waals surface area (Å²) < 4.78 is 18.4. The van der Waals surface area contributed by atoms with Crippen LogP contribution in [0.1, 0.15) is 15.9 Å². The number of aromatic nitrogens is 3. The number of carbonyl (C=O) groups excluding carboxylic acids is 2. The van der Waals surface area contributed by atoms with Gasteiger partial charge in [0.2, 0.25) is 11.7 Å². The summed E-state index contributed by atoms with van der Waals surface area (Å²) in [6.07, 6.45) is 3.31. The molecule has 0 radical (unpaired) electrons. The number of ketones is 1. The van der Waals surface area contributed by atoms with E-state index >= 15 is 0 Å². The van der Waals surface area contributed by atoms with Crippen LogP contribution in [0.2, 0.25) is 0 Å². The van der Waals surface area contributed by atoms with Crippen LogP contribution in [0.3, 0.4) is 0 Å². The number of ether oxygens (including phenoxy) is 3. The number of para-hydroxylation sites is 1. The molecular weight excluding hydrogens is 576 g/mol. The van der Waals surface area contributed by atoms with Crippen molar-refractivity contribution in [2.24, 2.45) is 0 Å². The van der Waals surface area contributed by atoms with Gasteiger partial charge in [0, 0.05) is 22.5 Å². The number of rotatable bonds is 12. The van der Waals surface area contributed by atoms with E-state index in [2.05, 4.69) is 15.5 Å². The summed E-state index contributed by atoms with van der Waals surface area (Å²) in [6, 6.07) is 29.7. The Labute approximate surface area is 259 Å². The van der Waals surface area contributed by atoms with Gasteiger partial charge in [0.05, 0.1) is 27.1 Å². The molecule has 0 unspecified atom stereocenters. The van der Waals surface area contributed by atoms with Gasteiger partial charge in [-0.25, -0.2) is 0 Å². The van der Waals surface area contributed by atoms with Crippen LogP contribution in [0, 0.1) is 0 Å². The van der Waals surface area contributed by atoms with Crippen molar-refractivity contribution in [2.75, 3.05) is 32.4 Å². The highest BCUT2D eigenvalue weighted by atomic mass is 32.2. The molecule has 0 saturated carbocycles. The third-order valence-electron chi connectivity index (χ3n) is 6.58. The fourth-order valence-corrected chi connectivity index (χ4v) is 5.20. The number of allylic oxidation sites excluding steroid dienone is 1. The average molecular weight is 607 g/mol. The van der Waals surface area contributed by atoms with E-state index in [4.69, 9.17) is 14.2 Å². The van der Waals surface area contributed by atoms with E-state index in [1.807, 2.05) is 65.2 Å². The average Bonchev–Trinajstić information content (AvgIpc) is 3.50. The molecule has 0 saturated heterocycles. The molecule has 5 aromatic rings. The molecule has 44 heavy (non-hydrogen) atoms. The Kier molecular flexibility index (Phi) is 9.73. The first kappa shape index (κ1) is 30.1. The van der Waals surface area contributed by atoms with Crippen molar-refractivity contribution in [1.82, 2.24) is 14.8 Å². The minimum Gasteiger partial charge on any atom is -0.493 e. The molecule has 4 aromatic carbocycles. The zero-order valence-electron chi connectivity index (χ0n) is 24.4. The molecule has 0 atom stereocenters. The van der Waals surface area contributed by atoms with E-state index in [-0.39, 0.29) is 17.4 Å². The molecule has 0 fully saturated rings. The summed E-state index contributed by atoms with van der Waals surface area (Å²) in [4.78, 5) is 25.5. The minimum absolute atomic E-state index is 0.0840. The monoisotopic (exact) mass is 606 g/mol. The topological polar surface area (TPSA) is 105 Å². The molecule has 1 N–H and O–H groups in total. The number of nitrogens with one attached hydrogen (secondary N) is 1. The van der Waals surface area contributed by atoms with Gasteiger partial charge in [-0.2, -0.15) is 0 Å². The van der Waals surface area contributed by atoms with Gasteiger partial charge in [-0.05, 0) is 60.2 Å². The number of thioether (sulfide) groups is 1. The number of amides is 1. The summed E-state index contributed by atoms with van der Waals surface area (Å²) in [5.74, 6) is 1.72. The fraction of sp³-hybridized carbons (Fsp3) is 0.118. The minimum atomic E-state index is -0.227. The van der Waals surface area contributed by atoms with Crippen LogP contribution in [0.4, 0.5) is 5.69 Å². The van der Waals surface area contributed by atoms with E-state index in [1.165, 1.54) is 17.8 Å². The molecule has 0 aliphatic heterocycles. The van der Waals surface area contributed by atoms with Crippen molar-refractivity contribution in [3.05, 3.63) is 114 Å². The van der Waals surface area contributed by atoms with Gasteiger partial charge >= 0.3 is 0 Å². The predicted molar refractivity (Wildman–Crippen MR) is 172 cm³/mol. The van der Waals surface area contributed by atoms with Crippen molar-refractivity contribution in [3.63, 3.8) is 0 Å². The third kappa shape index (κ3) is 6.99. The first-order chi connectivity index (χ1) is 21.5. The van der Waals surface area contributed by atoms with Gasteiger partial charge in [0.15, 0.2) is 28.3 Å². The maximum absolute atomic E-state index is 12.9. The van der Waals surface area contributed by atoms with Crippen molar-refractivity contribution in [3.8, 4) is 34.3 Å². The molecule has 9 nitrogen and oxygen atoms in total. The van der Waals surface area contributed by atoms with Crippen molar-refractivity contribution in [1.29, 1.82) is 0 Å². The molecule has 0 bridgehead atoms. The van der Waals surface area contributed by atoms with Crippen LogP contribution < -0.4 is 19.5 Å². The highest BCUT2D eigenvalue weighted by Gasteiger charge is 2.21. The number of anilines is 1. The molecule has 0 aliphatic rings. The Morgan fingerprint density at radius 2 is 1.45 bits per heavy atom. The molecule has 1 amide bonds. The quantitative estimate of drug-likeness (QED) is 0.0964. The predicted octanol–water partition coefficient (Wildman–Crippen LogP) is 6.59. The Hall–Kier alpha value is -5.35. The molecule has 5 rings (SSSR count). The van der Waals surface area contributed by atoms with Crippen LogP contribution >= 0.6 is 11.8 Å².